The fraction of sp³-hybridized carbons (Fsp3) is 0.190. The van der Waals surface area contributed by atoms with Gasteiger partial charge >= 0.3 is 0 Å². The van der Waals surface area contributed by atoms with Crippen LogP contribution in [-0.2, 0) is 0 Å². The molecule has 0 aliphatic carbocycles. The molecule has 120 valence electrons. The Morgan fingerprint density at radius 1 is 0.917 bits per heavy atom. The highest BCUT2D eigenvalue weighted by Crippen LogP contribution is 2.29. The van der Waals surface area contributed by atoms with Gasteiger partial charge in [-0.25, -0.2) is 4.98 Å². The Morgan fingerprint density at radius 2 is 1.67 bits per heavy atom. The van der Waals surface area contributed by atoms with Crippen LogP contribution in [0.1, 0.15) is 31.2 Å². The highest BCUT2D eigenvalue weighted by molar-refractivity contribution is 6.31. The number of imidazole rings is 1. The Kier molecular flexibility index (Phi) is 3.58. The van der Waals surface area contributed by atoms with E-state index in [0.717, 1.165) is 33.0 Å². The van der Waals surface area contributed by atoms with Gasteiger partial charge in [0.15, 0.2) is 0 Å². The first-order valence-electron chi connectivity index (χ1n) is 8.21. The van der Waals surface area contributed by atoms with Crippen molar-refractivity contribution < 1.29 is 0 Å². The molecule has 2 nitrogen and oxygen atoms in total. The van der Waals surface area contributed by atoms with Crippen LogP contribution in [0.15, 0.2) is 54.6 Å². The maximum absolute atomic E-state index is 6.11. The molecular formula is C21H19ClN2. The summed E-state index contributed by atoms with van der Waals surface area (Å²) in [5, 5.41) is 3.10. The molecule has 0 radical (unpaired) electrons. The standard InChI is InChI=1S/C21H19ClN2/c1-13(2)21-23-19-9-4-14(3)10-20(19)24(21)18-8-6-15-11-17(22)7-5-16(15)12-18/h4-13H,1-3H3. The van der Waals surface area contributed by atoms with E-state index in [0.29, 0.717) is 5.92 Å². The minimum atomic E-state index is 0.346. The number of hydrogen-bond acceptors (Lipinski definition) is 1. The molecule has 0 saturated carbocycles. The van der Waals surface area contributed by atoms with Crippen molar-refractivity contribution in [3.8, 4) is 5.69 Å². The SMILES string of the molecule is Cc1ccc2nc(C(C)C)n(-c3ccc4cc(Cl)ccc4c3)c2c1. The number of nitrogens with zero attached hydrogens (tertiary/aromatic N) is 2. The summed E-state index contributed by atoms with van der Waals surface area (Å²) in [7, 11) is 0. The van der Waals surface area contributed by atoms with E-state index in [-0.39, 0.29) is 0 Å². The normalized spacial score (nSPS) is 11.7. The lowest BCUT2D eigenvalue weighted by Gasteiger charge is -2.13. The van der Waals surface area contributed by atoms with Gasteiger partial charge in [0.05, 0.1) is 11.0 Å². The van der Waals surface area contributed by atoms with E-state index in [2.05, 4.69) is 67.8 Å². The Hall–Kier alpha value is -2.32. The zero-order valence-electron chi connectivity index (χ0n) is 14.0. The zero-order chi connectivity index (χ0) is 16.8. The second-order valence-electron chi connectivity index (χ2n) is 6.63. The van der Waals surface area contributed by atoms with Gasteiger partial charge in [0, 0.05) is 16.6 Å². The summed E-state index contributed by atoms with van der Waals surface area (Å²) in [6.07, 6.45) is 0. The van der Waals surface area contributed by atoms with E-state index >= 15 is 0 Å². The van der Waals surface area contributed by atoms with Gasteiger partial charge in [0.25, 0.3) is 0 Å². The Balaban J connectivity index is 2.02. The van der Waals surface area contributed by atoms with Gasteiger partial charge in [-0.3, -0.25) is 4.57 Å². The van der Waals surface area contributed by atoms with Crippen LogP contribution in [0.4, 0.5) is 0 Å². The number of aromatic nitrogens is 2. The van der Waals surface area contributed by atoms with Crippen molar-refractivity contribution >= 4 is 33.4 Å². The van der Waals surface area contributed by atoms with Crippen molar-refractivity contribution in [2.75, 3.05) is 0 Å². The Bertz CT molecular complexity index is 1060. The van der Waals surface area contributed by atoms with Gasteiger partial charge in [0.1, 0.15) is 5.82 Å². The van der Waals surface area contributed by atoms with Gasteiger partial charge in [-0.1, -0.05) is 43.6 Å². The quantitative estimate of drug-likeness (QED) is 0.422. The molecule has 0 saturated heterocycles. The lowest BCUT2D eigenvalue weighted by molar-refractivity contribution is 0.760. The Morgan fingerprint density at radius 3 is 2.46 bits per heavy atom. The summed E-state index contributed by atoms with van der Waals surface area (Å²) in [6, 6.07) is 18.9. The lowest BCUT2D eigenvalue weighted by Crippen LogP contribution is -2.03. The highest BCUT2D eigenvalue weighted by Gasteiger charge is 2.15. The van der Waals surface area contributed by atoms with Crippen LogP contribution in [0.25, 0.3) is 27.5 Å². The van der Waals surface area contributed by atoms with Crippen LogP contribution < -0.4 is 0 Å². The second-order valence-corrected chi connectivity index (χ2v) is 7.06. The number of fused-ring (bicyclic) bond motifs is 2. The van der Waals surface area contributed by atoms with E-state index in [9.17, 15) is 0 Å². The molecule has 0 unspecified atom stereocenters. The predicted octanol–water partition coefficient (Wildman–Crippen LogP) is 6.26. The van der Waals surface area contributed by atoms with Crippen molar-refractivity contribution in [3.05, 3.63) is 71.0 Å². The van der Waals surface area contributed by atoms with Gasteiger partial charge < -0.3 is 0 Å². The topological polar surface area (TPSA) is 17.8 Å². The number of rotatable bonds is 2. The van der Waals surface area contributed by atoms with Crippen LogP contribution in [-0.4, -0.2) is 9.55 Å². The van der Waals surface area contributed by atoms with Crippen molar-refractivity contribution in [1.82, 2.24) is 9.55 Å². The van der Waals surface area contributed by atoms with Gasteiger partial charge in [-0.15, -0.1) is 0 Å². The van der Waals surface area contributed by atoms with E-state index < -0.39 is 0 Å². The molecule has 24 heavy (non-hydrogen) atoms. The van der Waals surface area contributed by atoms with Crippen molar-refractivity contribution in [3.63, 3.8) is 0 Å². The average molecular weight is 335 g/mol. The zero-order valence-corrected chi connectivity index (χ0v) is 14.8. The monoisotopic (exact) mass is 334 g/mol. The third kappa shape index (κ3) is 2.47. The highest BCUT2D eigenvalue weighted by atomic mass is 35.5. The minimum Gasteiger partial charge on any atom is -0.296 e. The summed E-state index contributed by atoms with van der Waals surface area (Å²) in [4.78, 5) is 4.87. The lowest BCUT2D eigenvalue weighted by atomic mass is 10.1. The molecule has 0 amide bonds. The molecule has 4 aromatic rings. The first-order chi connectivity index (χ1) is 11.5. The molecule has 0 bridgehead atoms. The van der Waals surface area contributed by atoms with E-state index in [1.807, 2.05) is 12.1 Å². The third-order valence-electron chi connectivity index (χ3n) is 4.40. The van der Waals surface area contributed by atoms with E-state index in [1.54, 1.807) is 0 Å². The van der Waals surface area contributed by atoms with Crippen LogP contribution in [0.2, 0.25) is 5.02 Å². The molecule has 0 N–H and O–H groups in total. The van der Waals surface area contributed by atoms with Crippen molar-refractivity contribution in [2.45, 2.75) is 26.7 Å². The third-order valence-corrected chi connectivity index (χ3v) is 4.63. The molecule has 0 spiro atoms. The molecule has 3 heteroatoms. The molecule has 1 heterocycles. The minimum absolute atomic E-state index is 0.346. The first kappa shape index (κ1) is 15.2. The van der Waals surface area contributed by atoms with E-state index in [1.165, 1.54) is 10.9 Å². The molecule has 4 rings (SSSR count). The fourth-order valence-corrected chi connectivity index (χ4v) is 3.39. The van der Waals surface area contributed by atoms with Gasteiger partial charge in [-0.2, -0.15) is 0 Å². The van der Waals surface area contributed by atoms with E-state index in [4.69, 9.17) is 16.6 Å². The molecule has 0 aliphatic heterocycles. The first-order valence-corrected chi connectivity index (χ1v) is 8.59. The summed E-state index contributed by atoms with van der Waals surface area (Å²) in [5.74, 6) is 1.43. The number of halogens is 1. The number of benzene rings is 3. The molecule has 0 aliphatic rings. The van der Waals surface area contributed by atoms with Crippen LogP contribution in [0, 0.1) is 6.92 Å². The summed E-state index contributed by atoms with van der Waals surface area (Å²) in [5.41, 5.74) is 4.58. The molecule has 3 aromatic carbocycles. The van der Waals surface area contributed by atoms with Gasteiger partial charge in [0.2, 0.25) is 0 Å². The van der Waals surface area contributed by atoms with Crippen LogP contribution in [0.3, 0.4) is 0 Å². The maximum Gasteiger partial charge on any atom is 0.117 e. The average Bonchev–Trinajstić information content (AvgIpc) is 2.93. The maximum atomic E-state index is 6.11. The van der Waals surface area contributed by atoms with Crippen LogP contribution in [0.5, 0.6) is 0 Å². The number of hydrogen-bond donors (Lipinski definition) is 0. The molecule has 0 fully saturated rings. The smallest absolute Gasteiger partial charge is 0.117 e. The second kappa shape index (κ2) is 5.64. The fourth-order valence-electron chi connectivity index (χ4n) is 3.21. The van der Waals surface area contributed by atoms with Gasteiger partial charge in [-0.05, 0) is 59.7 Å². The summed E-state index contributed by atoms with van der Waals surface area (Å²) in [6.45, 7) is 6.49. The number of aryl methyl sites for hydroxylation is 1. The summed E-state index contributed by atoms with van der Waals surface area (Å²) < 4.78 is 2.28. The van der Waals surface area contributed by atoms with Crippen molar-refractivity contribution in [1.29, 1.82) is 0 Å². The largest absolute Gasteiger partial charge is 0.296 e. The molecule has 0 atom stereocenters. The molecule has 1 aromatic heterocycles. The predicted molar refractivity (Wildman–Crippen MR) is 102 cm³/mol. The summed E-state index contributed by atoms with van der Waals surface area (Å²) >= 11 is 6.11. The van der Waals surface area contributed by atoms with Crippen molar-refractivity contribution in [2.24, 2.45) is 0 Å². The Labute approximate surface area is 146 Å². The molecular weight excluding hydrogens is 316 g/mol. The van der Waals surface area contributed by atoms with Crippen LogP contribution >= 0.6 is 11.6 Å².